The summed E-state index contributed by atoms with van der Waals surface area (Å²) >= 11 is 0. The van der Waals surface area contributed by atoms with Gasteiger partial charge in [0.1, 0.15) is 5.82 Å². The van der Waals surface area contributed by atoms with Gasteiger partial charge >= 0.3 is 0 Å². The number of anilines is 1. The number of pyridine rings is 1. The number of aromatic nitrogens is 1. The van der Waals surface area contributed by atoms with Crippen LogP contribution < -0.4 is 10.4 Å². The van der Waals surface area contributed by atoms with E-state index in [1.807, 2.05) is 24.4 Å². The van der Waals surface area contributed by atoms with Gasteiger partial charge in [0.25, 0.3) is 0 Å². The van der Waals surface area contributed by atoms with Gasteiger partial charge in [-0.2, -0.15) is 0 Å². The number of unbranched alkanes of at least 4 members (excludes halogenated alkanes) is 1. The summed E-state index contributed by atoms with van der Waals surface area (Å²) in [6, 6.07) is 16.5. The molecule has 1 aliphatic heterocycles. The van der Waals surface area contributed by atoms with Crippen LogP contribution in [0.1, 0.15) is 25.3 Å². The Morgan fingerprint density at radius 2 is 1.85 bits per heavy atom. The largest absolute Gasteiger partial charge is 0.354 e. The molecular formula is C22H30N4O. The third-order valence-corrected chi connectivity index (χ3v) is 4.77. The number of rotatable bonds is 9. The lowest BCUT2D eigenvalue weighted by atomic mass is 10.1. The SMILES string of the molecule is CCCCONC(=CCN1CCN(c2ccccn2)CC1)c1ccccc1. The molecule has 0 radical (unpaired) electrons. The van der Waals surface area contributed by atoms with Crippen LogP contribution in [0.2, 0.25) is 0 Å². The highest BCUT2D eigenvalue weighted by molar-refractivity contribution is 5.63. The Morgan fingerprint density at radius 3 is 2.56 bits per heavy atom. The Kier molecular flexibility index (Phi) is 7.69. The fourth-order valence-corrected chi connectivity index (χ4v) is 3.10. The predicted octanol–water partition coefficient (Wildman–Crippen LogP) is 3.57. The van der Waals surface area contributed by atoms with Crippen molar-refractivity contribution >= 4 is 11.5 Å². The van der Waals surface area contributed by atoms with Crippen molar-refractivity contribution < 1.29 is 4.84 Å². The second kappa shape index (κ2) is 10.7. The molecule has 0 aliphatic carbocycles. The number of nitrogens with zero attached hydrogens (tertiary/aromatic N) is 3. The number of hydrogen-bond donors (Lipinski definition) is 1. The quantitative estimate of drug-likeness (QED) is 0.543. The molecule has 0 amide bonds. The van der Waals surface area contributed by atoms with E-state index in [1.165, 1.54) is 0 Å². The molecule has 27 heavy (non-hydrogen) atoms. The van der Waals surface area contributed by atoms with E-state index in [0.29, 0.717) is 0 Å². The molecule has 1 aromatic heterocycles. The fraction of sp³-hybridized carbons (Fsp3) is 0.409. The Morgan fingerprint density at radius 1 is 1.07 bits per heavy atom. The van der Waals surface area contributed by atoms with E-state index in [9.17, 15) is 0 Å². The van der Waals surface area contributed by atoms with Crippen molar-refractivity contribution in [3.63, 3.8) is 0 Å². The van der Waals surface area contributed by atoms with Gasteiger partial charge in [-0.05, 0) is 30.2 Å². The lowest BCUT2D eigenvalue weighted by Gasteiger charge is -2.35. The number of hydroxylamine groups is 1. The van der Waals surface area contributed by atoms with Crippen LogP contribution in [-0.2, 0) is 4.84 Å². The van der Waals surface area contributed by atoms with Crippen LogP contribution in [0.4, 0.5) is 5.82 Å². The maximum Gasteiger partial charge on any atom is 0.128 e. The van der Waals surface area contributed by atoms with Crippen LogP contribution >= 0.6 is 0 Å². The second-order valence-corrected chi connectivity index (χ2v) is 6.76. The van der Waals surface area contributed by atoms with E-state index in [4.69, 9.17) is 4.84 Å². The molecule has 5 heteroatoms. The van der Waals surface area contributed by atoms with Gasteiger partial charge in [-0.3, -0.25) is 15.2 Å². The maximum atomic E-state index is 5.65. The molecule has 5 nitrogen and oxygen atoms in total. The van der Waals surface area contributed by atoms with E-state index in [-0.39, 0.29) is 0 Å². The third kappa shape index (κ3) is 6.08. The van der Waals surface area contributed by atoms with Crippen LogP contribution in [0.15, 0.2) is 60.8 Å². The smallest absolute Gasteiger partial charge is 0.128 e. The van der Waals surface area contributed by atoms with Crippen LogP contribution in [-0.4, -0.2) is 49.2 Å². The van der Waals surface area contributed by atoms with Crippen molar-refractivity contribution in [2.45, 2.75) is 19.8 Å². The molecular weight excluding hydrogens is 336 g/mol. The fourth-order valence-electron chi connectivity index (χ4n) is 3.10. The molecule has 0 unspecified atom stereocenters. The summed E-state index contributed by atoms with van der Waals surface area (Å²) in [5.41, 5.74) is 5.35. The van der Waals surface area contributed by atoms with Crippen molar-refractivity contribution in [3.05, 3.63) is 66.4 Å². The van der Waals surface area contributed by atoms with Crippen LogP contribution in [0.5, 0.6) is 0 Å². The second-order valence-electron chi connectivity index (χ2n) is 6.76. The highest BCUT2D eigenvalue weighted by Gasteiger charge is 2.17. The maximum absolute atomic E-state index is 5.65. The molecule has 144 valence electrons. The summed E-state index contributed by atoms with van der Waals surface area (Å²) in [7, 11) is 0. The van der Waals surface area contributed by atoms with Gasteiger partial charge in [0.05, 0.1) is 12.3 Å². The molecule has 0 saturated carbocycles. The predicted molar refractivity (Wildman–Crippen MR) is 111 cm³/mol. The minimum Gasteiger partial charge on any atom is -0.354 e. The van der Waals surface area contributed by atoms with Crippen molar-refractivity contribution in [1.29, 1.82) is 0 Å². The minimum atomic E-state index is 0.726. The molecule has 1 N–H and O–H groups in total. The summed E-state index contributed by atoms with van der Waals surface area (Å²) < 4.78 is 0. The summed E-state index contributed by atoms with van der Waals surface area (Å²) in [4.78, 5) is 14.9. The number of piperazine rings is 1. The van der Waals surface area contributed by atoms with Crippen LogP contribution in [0.3, 0.4) is 0 Å². The highest BCUT2D eigenvalue weighted by Crippen LogP contribution is 2.14. The molecule has 0 bridgehead atoms. The molecule has 1 aliphatic rings. The summed E-state index contributed by atoms with van der Waals surface area (Å²) in [6.45, 7) is 7.88. The van der Waals surface area contributed by atoms with E-state index in [2.05, 4.69) is 63.6 Å². The van der Waals surface area contributed by atoms with Gasteiger partial charge in [-0.25, -0.2) is 4.98 Å². The summed E-state index contributed by atoms with van der Waals surface area (Å²) in [6.07, 6.45) is 6.29. The lowest BCUT2D eigenvalue weighted by molar-refractivity contribution is 0.0758. The summed E-state index contributed by atoms with van der Waals surface area (Å²) in [5, 5.41) is 0. The van der Waals surface area contributed by atoms with Gasteiger partial charge in [0, 0.05) is 38.9 Å². The lowest BCUT2D eigenvalue weighted by Crippen LogP contribution is -2.46. The first-order valence-electron chi connectivity index (χ1n) is 9.88. The van der Waals surface area contributed by atoms with E-state index in [1.54, 1.807) is 0 Å². The zero-order valence-electron chi connectivity index (χ0n) is 16.2. The van der Waals surface area contributed by atoms with E-state index >= 15 is 0 Å². The first kappa shape index (κ1) is 19.4. The van der Waals surface area contributed by atoms with Gasteiger partial charge in [-0.15, -0.1) is 0 Å². The van der Waals surface area contributed by atoms with E-state index in [0.717, 1.165) is 69.3 Å². The minimum absolute atomic E-state index is 0.726. The normalized spacial score (nSPS) is 15.7. The molecule has 1 fully saturated rings. The first-order chi connectivity index (χ1) is 13.4. The first-order valence-corrected chi connectivity index (χ1v) is 9.88. The van der Waals surface area contributed by atoms with Crippen molar-refractivity contribution in [1.82, 2.24) is 15.4 Å². The highest BCUT2D eigenvalue weighted by atomic mass is 16.6. The zero-order chi connectivity index (χ0) is 18.7. The Bertz CT molecular complexity index is 682. The van der Waals surface area contributed by atoms with Crippen molar-refractivity contribution in [3.8, 4) is 0 Å². The molecule has 2 heterocycles. The number of benzene rings is 1. The average Bonchev–Trinajstić information content (AvgIpc) is 2.75. The van der Waals surface area contributed by atoms with Gasteiger partial charge in [-0.1, -0.05) is 49.7 Å². The molecule has 2 aromatic rings. The topological polar surface area (TPSA) is 40.6 Å². The van der Waals surface area contributed by atoms with E-state index < -0.39 is 0 Å². The Balaban J connectivity index is 1.54. The van der Waals surface area contributed by atoms with Crippen LogP contribution in [0.25, 0.3) is 5.70 Å². The Labute approximate surface area is 162 Å². The molecule has 1 saturated heterocycles. The van der Waals surface area contributed by atoms with Crippen molar-refractivity contribution in [2.75, 3.05) is 44.2 Å². The Hall–Kier alpha value is -2.37. The average molecular weight is 367 g/mol. The standard InChI is InChI=1S/C22H30N4O/c1-2-3-19-27-24-21(20-9-5-4-6-10-20)12-14-25-15-17-26(18-16-25)22-11-7-8-13-23-22/h4-13,24H,2-3,14-19H2,1H3. The number of hydrogen-bond acceptors (Lipinski definition) is 5. The number of nitrogens with one attached hydrogen (secondary N) is 1. The molecule has 0 spiro atoms. The molecule has 3 rings (SSSR count). The molecule has 0 atom stereocenters. The van der Waals surface area contributed by atoms with Gasteiger partial charge in [0.2, 0.25) is 0 Å². The summed E-state index contributed by atoms with van der Waals surface area (Å²) in [5.74, 6) is 1.07. The zero-order valence-corrected chi connectivity index (χ0v) is 16.2. The molecule has 1 aromatic carbocycles. The van der Waals surface area contributed by atoms with Crippen LogP contribution in [0, 0.1) is 0 Å². The van der Waals surface area contributed by atoms with Gasteiger partial charge < -0.3 is 4.90 Å². The van der Waals surface area contributed by atoms with Gasteiger partial charge in [0.15, 0.2) is 0 Å². The monoisotopic (exact) mass is 366 g/mol. The van der Waals surface area contributed by atoms with Crippen molar-refractivity contribution in [2.24, 2.45) is 0 Å². The third-order valence-electron chi connectivity index (χ3n) is 4.77.